The van der Waals surface area contributed by atoms with Crippen molar-refractivity contribution in [3.05, 3.63) is 37.4 Å². The summed E-state index contributed by atoms with van der Waals surface area (Å²) in [5, 5.41) is 21.9. The second-order valence-corrected chi connectivity index (χ2v) is 3.94. The van der Waals surface area contributed by atoms with Crippen LogP contribution in [-0.2, 0) is 0 Å². The minimum atomic E-state index is -0.705. The number of hydrogen-bond acceptors (Lipinski definition) is 5. The van der Waals surface area contributed by atoms with Crippen molar-refractivity contribution in [3.63, 3.8) is 0 Å². The zero-order valence-electron chi connectivity index (χ0n) is 9.81. The molecule has 1 aromatic carbocycles. The molecule has 1 rings (SSSR count). The third-order valence-corrected chi connectivity index (χ3v) is 2.60. The number of hydrogen-bond donors (Lipinski definition) is 0. The fourth-order valence-corrected chi connectivity index (χ4v) is 1.57. The van der Waals surface area contributed by atoms with Gasteiger partial charge in [-0.2, -0.15) is 0 Å². The Hall–Kier alpha value is -1.89. The van der Waals surface area contributed by atoms with E-state index in [1.54, 1.807) is 6.92 Å². The molecule has 0 radical (unpaired) electrons. The van der Waals surface area contributed by atoms with Crippen LogP contribution in [0.15, 0.2) is 6.07 Å². The fraction of sp³-hybridized carbons (Fsp3) is 0.400. The lowest BCUT2D eigenvalue weighted by molar-refractivity contribution is -0.396. The Morgan fingerprint density at radius 1 is 1.28 bits per heavy atom. The van der Waals surface area contributed by atoms with E-state index in [1.165, 1.54) is 13.0 Å². The minimum Gasteiger partial charge on any atom is -0.481 e. The quantitative estimate of drug-likeness (QED) is 0.467. The van der Waals surface area contributed by atoms with Crippen LogP contribution in [0.1, 0.15) is 11.1 Å². The summed E-state index contributed by atoms with van der Waals surface area (Å²) in [6.45, 7) is 3.05. The van der Waals surface area contributed by atoms with Gasteiger partial charge in [0.25, 0.3) is 5.75 Å². The van der Waals surface area contributed by atoms with Crippen LogP contribution in [0.3, 0.4) is 0 Å². The van der Waals surface area contributed by atoms with Crippen molar-refractivity contribution in [1.82, 2.24) is 0 Å². The van der Waals surface area contributed by atoms with Crippen molar-refractivity contribution >= 4 is 23.0 Å². The van der Waals surface area contributed by atoms with Gasteiger partial charge in [0.2, 0.25) is 0 Å². The molecule has 7 nitrogen and oxygen atoms in total. The van der Waals surface area contributed by atoms with Crippen LogP contribution < -0.4 is 4.74 Å². The number of nitro benzene ring substituents is 2. The number of nitrogens with zero attached hydrogens (tertiary/aromatic N) is 2. The molecule has 1 aromatic rings. The highest BCUT2D eigenvalue weighted by Gasteiger charge is 2.30. The van der Waals surface area contributed by atoms with Crippen LogP contribution in [0.4, 0.5) is 11.4 Å². The van der Waals surface area contributed by atoms with Gasteiger partial charge in [-0.15, -0.1) is 11.6 Å². The van der Waals surface area contributed by atoms with Crippen LogP contribution in [0.25, 0.3) is 0 Å². The molecular weight excluding hydrogens is 264 g/mol. The van der Waals surface area contributed by atoms with Gasteiger partial charge in [-0.1, -0.05) is 0 Å². The number of benzene rings is 1. The Bertz CT molecular complexity index is 504. The van der Waals surface area contributed by atoms with E-state index in [-0.39, 0.29) is 23.9 Å². The van der Waals surface area contributed by atoms with Gasteiger partial charge in [0.05, 0.1) is 15.7 Å². The lowest BCUT2D eigenvalue weighted by Crippen LogP contribution is -2.06. The molecule has 0 aliphatic heterocycles. The van der Waals surface area contributed by atoms with Gasteiger partial charge in [-0.05, 0) is 19.4 Å². The topological polar surface area (TPSA) is 95.5 Å². The first-order valence-corrected chi connectivity index (χ1v) is 5.55. The monoisotopic (exact) mass is 274 g/mol. The largest absolute Gasteiger partial charge is 0.481 e. The van der Waals surface area contributed by atoms with Crippen LogP contribution in [0, 0.1) is 34.1 Å². The Kier molecular flexibility index (Phi) is 4.43. The van der Waals surface area contributed by atoms with Crippen molar-refractivity contribution in [3.8, 4) is 5.75 Å². The van der Waals surface area contributed by atoms with E-state index < -0.39 is 15.5 Å². The minimum absolute atomic E-state index is 0.0360. The van der Waals surface area contributed by atoms with Gasteiger partial charge in [0, 0.05) is 11.6 Å². The van der Waals surface area contributed by atoms with Gasteiger partial charge in [0.15, 0.2) is 0 Å². The molecule has 0 unspecified atom stereocenters. The maximum absolute atomic E-state index is 11.0. The van der Waals surface area contributed by atoms with E-state index in [2.05, 4.69) is 0 Å². The molecule has 0 saturated carbocycles. The third kappa shape index (κ3) is 2.67. The Morgan fingerprint density at radius 3 is 2.33 bits per heavy atom. The molecule has 0 heterocycles. The summed E-state index contributed by atoms with van der Waals surface area (Å²) in [4.78, 5) is 20.5. The standard InChI is InChI=1S/C10H11ClN2O5/c1-6-5-8(12(14)15)10(18-4-3-11)9(7(6)2)13(16)17/h5H,3-4H2,1-2H3. The first-order chi connectivity index (χ1) is 8.40. The third-order valence-electron chi connectivity index (χ3n) is 2.45. The van der Waals surface area contributed by atoms with E-state index in [1.807, 2.05) is 0 Å². The summed E-state index contributed by atoms with van der Waals surface area (Å²) in [5.41, 5.74) is 0.00327. The molecule has 0 spiro atoms. The average molecular weight is 275 g/mol. The maximum atomic E-state index is 11.0. The SMILES string of the molecule is Cc1cc([N+](=O)[O-])c(OCCCl)c([N+](=O)[O-])c1C. The molecule has 98 valence electrons. The van der Waals surface area contributed by atoms with E-state index in [0.717, 1.165) is 0 Å². The summed E-state index contributed by atoms with van der Waals surface area (Å²) >= 11 is 5.42. The highest BCUT2D eigenvalue weighted by Crippen LogP contribution is 2.40. The summed E-state index contributed by atoms with van der Waals surface area (Å²) in [6.07, 6.45) is 0. The van der Waals surface area contributed by atoms with Crippen LogP contribution in [0.5, 0.6) is 5.75 Å². The number of aryl methyl sites for hydroxylation is 1. The highest BCUT2D eigenvalue weighted by molar-refractivity contribution is 6.18. The summed E-state index contributed by atoms with van der Waals surface area (Å²) in [6, 6.07) is 1.26. The summed E-state index contributed by atoms with van der Waals surface area (Å²) in [5.74, 6) is -0.255. The second-order valence-electron chi connectivity index (χ2n) is 3.57. The van der Waals surface area contributed by atoms with Gasteiger partial charge in [-0.25, -0.2) is 0 Å². The zero-order valence-corrected chi connectivity index (χ0v) is 10.6. The molecule has 18 heavy (non-hydrogen) atoms. The van der Waals surface area contributed by atoms with Crippen molar-refractivity contribution in [2.75, 3.05) is 12.5 Å². The molecule has 0 saturated heterocycles. The first kappa shape index (κ1) is 14.2. The molecule has 0 amide bonds. The predicted octanol–water partition coefficient (Wildman–Crippen LogP) is 2.74. The van der Waals surface area contributed by atoms with Crippen molar-refractivity contribution in [2.45, 2.75) is 13.8 Å². The molecular formula is C10H11ClN2O5. The molecule has 8 heteroatoms. The summed E-state index contributed by atoms with van der Waals surface area (Å²) in [7, 11) is 0. The Balaban J connectivity index is 3.52. The normalized spacial score (nSPS) is 10.2. The highest BCUT2D eigenvalue weighted by atomic mass is 35.5. The number of rotatable bonds is 5. The zero-order chi connectivity index (χ0) is 13.9. The van der Waals surface area contributed by atoms with Gasteiger partial charge >= 0.3 is 11.4 Å². The van der Waals surface area contributed by atoms with E-state index in [0.29, 0.717) is 11.1 Å². The molecule has 0 fully saturated rings. The number of halogens is 1. The fourth-order valence-electron chi connectivity index (χ4n) is 1.50. The van der Waals surface area contributed by atoms with Gasteiger partial charge < -0.3 is 4.74 Å². The number of alkyl halides is 1. The van der Waals surface area contributed by atoms with Crippen molar-refractivity contribution in [2.24, 2.45) is 0 Å². The molecule has 0 aliphatic carbocycles. The van der Waals surface area contributed by atoms with Crippen molar-refractivity contribution < 1.29 is 14.6 Å². The van der Waals surface area contributed by atoms with Crippen LogP contribution >= 0.6 is 11.6 Å². The van der Waals surface area contributed by atoms with Crippen molar-refractivity contribution in [1.29, 1.82) is 0 Å². The van der Waals surface area contributed by atoms with Gasteiger partial charge in [-0.3, -0.25) is 20.2 Å². The average Bonchev–Trinajstić information content (AvgIpc) is 2.29. The Labute approximate surface area is 108 Å². The second kappa shape index (κ2) is 5.63. The smallest absolute Gasteiger partial charge is 0.321 e. The predicted molar refractivity (Wildman–Crippen MR) is 65.4 cm³/mol. The van der Waals surface area contributed by atoms with Gasteiger partial charge in [0.1, 0.15) is 6.61 Å². The lowest BCUT2D eigenvalue weighted by atomic mass is 10.1. The molecule has 0 aliphatic rings. The number of nitro groups is 2. The lowest BCUT2D eigenvalue weighted by Gasteiger charge is -2.09. The maximum Gasteiger partial charge on any atom is 0.321 e. The molecule has 0 aromatic heterocycles. The van der Waals surface area contributed by atoms with E-state index in [9.17, 15) is 20.2 Å². The summed E-state index contributed by atoms with van der Waals surface area (Å²) < 4.78 is 5.06. The van der Waals surface area contributed by atoms with Crippen LogP contribution in [0.2, 0.25) is 0 Å². The molecule has 0 N–H and O–H groups in total. The van der Waals surface area contributed by atoms with E-state index in [4.69, 9.17) is 16.3 Å². The molecule has 0 bridgehead atoms. The first-order valence-electron chi connectivity index (χ1n) is 5.01. The molecule has 0 atom stereocenters. The van der Waals surface area contributed by atoms with Crippen LogP contribution in [-0.4, -0.2) is 22.3 Å². The van der Waals surface area contributed by atoms with E-state index >= 15 is 0 Å². The number of ether oxygens (including phenoxy) is 1. The Morgan fingerprint density at radius 2 is 1.89 bits per heavy atom.